The highest BCUT2D eigenvalue weighted by Gasteiger charge is 2.25. The summed E-state index contributed by atoms with van der Waals surface area (Å²) < 4.78 is 5.17. The summed E-state index contributed by atoms with van der Waals surface area (Å²) >= 11 is 0. The van der Waals surface area contributed by atoms with E-state index >= 15 is 0 Å². The van der Waals surface area contributed by atoms with Gasteiger partial charge >= 0.3 is 5.97 Å². The van der Waals surface area contributed by atoms with E-state index in [1.807, 2.05) is 4.90 Å². The van der Waals surface area contributed by atoms with Crippen LogP contribution in [0.25, 0.3) is 0 Å². The zero-order chi connectivity index (χ0) is 20.3. The quantitative estimate of drug-likeness (QED) is 0.607. The second-order valence-electron chi connectivity index (χ2n) is 6.67. The molecule has 148 valence electrons. The number of ketones is 1. The Hall–Kier alpha value is -3.23. The molecule has 1 aliphatic heterocycles. The standard InChI is InChI=1S/C19H23N5O4/c1-12-16(14(3)25)13(2)22-17(12)18(27)28-11-15(26)23-7-9-24(10-8-23)19-20-5-4-6-21-19/h4-6,22H,7-11H2,1-3H3. The molecule has 0 unspecified atom stereocenters. The van der Waals surface area contributed by atoms with Crippen molar-refractivity contribution in [1.82, 2.24) is 19.9 Å². The van der Waals surface area contributed by atoms with Crippen LogP contribution in [0.2, 0.25) is 0 Å². The number of nitrogens with zero attached hydrogens (tertiary/aromatic N) is 4. The number of aromatic nitrogens is 3. The molecule has 0 radical (unpaired) electrons. The van der Waals surface area contributed by atoms with Gasteiger partial charge in [0.05, 0.1) is 0 Å². The zero-order valence-corrected chi connectivity index (χ0v) is 16.2. The molecule has 0 bridgehead atoms. The van der Waals surface area contributed by atoms with E-state index in [1.54, 1.807) is 37.2 Å². The number of carbonyl (C=O) groups is 3. The van der Waals surface area contributed by atoms with Gasteiger partial charge in [0.25, 0.3) is 5.91 Å². The third-order valence-electron chi connectivity index (χ3n) is 4.79. The number of piperazine rings is 1. The van der Waals surface area contributed by atoms with Crippen LogP contribution in [0, 0.1) is 13.8 Å². The fourth-order valence-corrected chi connectivity index (χ4v) is 3.38. The van der Waals surface area contributed by atoms with Gasteiger partial charge in [-0.3, -0.25) is 9.59 Å². The van der Waals surface area contributed by atoms with Crippen molar-refractivity contribution < 1.29 is 19.1 Å². The molecule has 0 atom stereocenters. The number of ether oxygens (including phenoxy) is 1. The number of carbonyl (C=O) groups excluding carboxylic acids is 3. The summed E-state index contributed by atoms with van der Waals surface area (Å²) in [4.78, 5) is 51.3. The minimum atomic E-state index is -0.641. The average molecular weight is 385 g/mol. The Bertz CT molecular complexity index is 885. The number of Topliss-reactive ketones (excluding diaryl/α,β-unsaturated/α-hetero) is 1. The van der Waals surface area contributed by atoms with Crippen molar-refractivity contribution in [2.75, 3.05) is 37.7 Å². The molecule has 1 aliphatic rings. The molecule has 2 aromatic rings. The van der Waals surface area contributed by atoms with E-state index in [4.69, 9.17) is 4.74 Å². The Morgan fingerprint density at radius 2 is 1.75 bits per heavy atom. The highest BCUT2D eigenvalue weighted by molar-refractivity contribution is 6.01. The molecular weight excluding hydrogens is 362 g/mol. The van der Waals surface area contributed by atoms with Gasteiger partial charge in [-0.15, -0.1) is 0 Å². The molecular formula is C19H23N5O4. The predicted molar refractivity (Wildman–Crippen MR) is 101 cm³/mol. The molecule has 9 heteroatoms. The minimum absolute atomic E-state index is 0.123. The summed E-state index contributed by atoms with van der Waals surface area (Å²) in [6, 6.07) is 1.75. The highest BCUT2D eigenvalue weighted by Crippen LogP contribution is 2.19. The van der Waals surface area contributed by atoms with E-state index in [0.717, 1.165) is 0 Å². The van der Waals surface area contributed by atoms with Crippen LogP contribution in [0.3, 0.4) is 0 Å². The first-order valence-electron chi connectivity index (χ1n) is 9.05. The number of aromatic amines is 1. The second-order valence-corrected chi connectivity index (χ2v) is 6.67. The Morgan fingerprint density at radius 3 is 2.32 bits per heavy atom. The van der Waals surface area contributed by atoms with Gasteiger partial charge in [0.2, 0.25) is 5.95 Å². The molecule has 9 nitrogen and oxygen atoms in total. The predicted octanol–water partition coefficient (Wildman–Crippen LogP) is 1.13. The monoisotopic (exact) mass is 385 g/mol. The minimum Gasteiger partial charge on any atom is -0.451 e. The van der Waals surface area contributed by atoms with Gasteiger partial charge in [-0.2, -0.15) is 0 Å². The van der Waals surface area contributed by atoms with Crippen molar-refractivity contribution in [1.29, 1.82) is 0 Å². The van der Waals surface area contributed by atoms with Crippen molar-refractivity contribution in [2.24, 2.45) is 0 Å². The van der Waals surface area contributed by atoms with E-state index in [0.29, 0.717) is 48.9 Å². The van der Waals surface area contributed by atoms with Gasteiger partial charge in [-0.1, -0.05) is 0 Å². The molecule has 0 aliphatic carbocycles. The number of esters is 1. The topological polar surface area (TPSA) is 108 Å². The summed E-state index contributed by atoms with van der Waals surface area (Å²) in [5.74, 6) is -0.381. The van der Waals surface area contributed by atoms with Gasteiger partial charge in [0.1, 0.15) is 5.69 Å². The molecule has 1 N–H and O–H groups in total. The lowest BCUT2D eigenvalue weighted by atomic mass is 10.1. The van der Waals surface area contributed by atoms with Crippen molar-refractivity contribution >= 4 is 23.6 Å². The maximum absolute atomic E-state index is 12.4. The molecule has 0 aromatic carbocycles. The first-order chi connectivity index (χ1) is 13.4. The number of hydrogen-bond donors (Lipinski definition) is 1. The maximum atomic E-state index is 12.4. The molecule has 28 heavy (non-hydrogen) atoms. The van der Waals surface area contributed by atoms with Crippen molar-refractivity contribution in [3.8, 4) is 0 Å². The van der Waals surface area contributed by atoms with Crippen molar-refractivity contribution in [3.63, 3.8) is 0 Å². The van der Waals surface area contributed by atoms with Gasteiger partial charge < -0.3 is 19.5 Å². The summed E-state index contributed by atoms with van der Waals surface area (Å²) in [6.07, 6.45) is 3.36. The number of hydrogen-bond acceptors (Lipinski definition) is 7. The zero-order valence-electron chi connectivity index (χ0n) is 16.2. The largest absolute Gasteiger partial charge is 0.451 e. The Labute approximate surface area is 162 Å². The van der Waals surface area contributed by atoms with Gasteiger partial charge in [-0.05, 0) is 32.4 Å². The van der Waals surface area contributed by atoms with Crippen LogP contribution in [-0.2, 0) is 9.53 Å². The van der Waals surface area contributed by atoms with Crippen LogP contribution in [0.4, 0.5) is 5.95 Å². The average Bonchev–Trinajstić information content (AvgIpc) is 3.01. The fraction of sp³-hybridized carbons (Fsp3) is 0.421. The first-order valence-corrected chi connectivity index (χ1v) is 9.05. The Kier molecular flexibility index (Phi) is 5.72. The van der Waals surface area contributed by atoms with Crippen LogP contribution >= 0.6 is 0 Å². The maximum Gasteiger partial charge on any atom is 0.355 e. The van der Waals surface area contributed by atoms with E-state index in [2.05, 4.69) is 15.0 Å². The number of H-pyrrole nitrogens is 1. The lowest BCUT2D eigenvalue weighted by molar-refractivity contribution is -0.134. The molecule has 3 heterocycles. The normalized spacial score (nSPS) is 14.1. The van der Waals surface area contributed by atoms with E-state index in [9.17, 15) is 14.4 Å². The molecule has 0 spiro atoms. The third kappa shape index (κ3) is 4.03. The first kappa shape index (κ1) is 19.5. The lowest BCUT2D eigenvalue weighted by Gasteiger charge is -2.34. The van der Waals surface area contributed by atoms with Gasteiger partial charge in [-0.25, -0.2) is 14.8 Å². The summed E-state index contributed by atoms with van der Waals surface area (Å²) in [5.41, 5.74) is 1.85. The number of aryl methyl sites for hydroxylation is 1. The van der Waals surface area contributed by atoms with E-state index < -0.39 is 5.97 Å². The van der Waals surface area contributed by atoms with E-state index in [-0.39, 0.29) is 24.0 Å². The lowest BCUT2D eigenvalue weighted by Crippen LogP contribution is -2.50. The molecule has 0 saturated carbocycles. The van der Waals surface area contributed by atoms with Gasteiger partial charge in [0, 0.05) is 49.8 Å². The molecule has 1 saturated heterocycles. The number of nitrogens with one attached hydrogen (secondary N) is 1. The smallest absolute Gasteiger partial charge is 0.355 e. The molecule has 1 amide bonds. The summed E-state index contributed by atoms with van der Waals surface area (Å²) in [6.45, 7) is 6.75. The van der Waals surface area contributed by atoms with Crippen molar-refractivity contribution in [2.45, 2.75) is 20.8 Å². The number of anilines is 1. The molecule has 1 fully saturated rings. The van der Waals surface area contributed by atoms with Crippen LogP contribution in [0.15, 0.2) is 18.5 Å². The van der Waals surface area contributed by atoms with Crippen LogP contribution in [0.5, 0.6) is 0 Å². The number of amides is 1. The van der Waals surface area contributed by atoms with Crippen molar-refractivity contribution in [3.05, 3.63) is 41.0 Å². The highest BCUT2D eigenvalue weighted by atomic mass is 16.5. The van der Waals surface area contributed by atoms with Crippen LogP contribution in [0.1, 0.15) is 39.0 Å². The third-order valence-corrected chi connectivity index (χ3v) is 4.79. The molecule has 3 rings (SSSR count). The Morgan fingerprint density at radius 1 is 1.11 bits per heavy atom. The van der Waals surface area contributed by atoms with Crippen LogP contribution in [-0.4, -0.2) is 70.3 Å². The summed E-state index contributed by atoms with van der Waals surface area (Å²) in [5, 5.41) is 0. The summed E-state index contributed by atoms with van der Waals surface area (Å²) in [7, 11) is 0. The molecule has 2 aromatic heterocycles. The SMILES string of the molecule is CC(=O)c1c(C)[nH]c(C(=O)OCC(=O)N2CCN(c3ncccn3)CC2)c1C. The Balaban J connectivity index is 1.53. The fourth-order valence-electron chi connectivity index (χ4n) is 3.38. The van der Waals surface area contributed by atoms with Gasteiger partial charge in [0.15, 0.2) is 12.4 Å². The second kappa shape index (κ2) is 8.20. The number of rotatable bonds is 5. The van der Waals surface area contributed by atoms with Crippen LogP contribution < -0.4 is 4.90 Å². The van der Waals surface area contributed by atoms with E-state index in [1.165, 1.54) is 6.92 Å².